The molecule has 2 saturated heterocycles. The summed E-state index contributed by atoms with van der Waals surface area (Å²) in [5.41, 5.74) is 3.94. The minimum atomic E-state index is -0.132. The lowest BCUT2D eigenvalue weighted by atomic mass is 10.1. The zero-order valence-electron chi connectivity index (χ0n) is 19.4. The molecule has 1 unspecified atom stereocenters. The lowest BCUT2D eigenvalue weighted by Crippen LogP contribution is -2.35. The Bertz CT molecular complexity index is 1120. The fourth-order valence-corrected chi connectivity index (χ4v) is 5.44. The molecular formula is C27H30N2O4S. The predicted octanol–water partition coefficient (Wildman–Crippen LogP) is 5.37. The van der Waals surface area contributed by atoms with E-state index < -0.39 is 0 Å². The van der Waals surface area contributed by atoms with Crippen LogP contribution >= 0.6 is 11.3 Å². The average molecular weight is 479 g/mol. The maximum absolute atomic E-state index is 13.4. The molecule has 5 rings (SSSR count). The molecule has 3 heterocycles. The largest absolute Gasteiger partial charge is 0.489 e. The summed E-state index contributed by atoms with van der Waals surface area (Å²) in [4.78, 5) is 16.4. The third-order valence-corrected chi connectivity index (χ3v) is 7.35. The minimum absolute atomic E-state index is 0.117. The first-order valence-corrected chi connectivity index (χ1v) is 12.7. The molecule has 2 fully saturated rings. The Kier molecular flexibility index (Phi) is 7.13. The number of benzene rings is 2. The van der Waals surface area contributed by atoms with Crippen molar-refractivity contribution in [3.8, 4) is 16.9 Å². The second-order valence-electron chi connectivity index (χ2n) is 8.69. The van der Waals surface area contributed by atoms with E-state index in [9.17, 15) is 4.79 Å². The summed E-state index contributed by atoms with van der Waals surface area (Å²) in [6, 6.07) is 18.1. The number of carbonyl (C=O) groups is 1. The number of amides is 1. The fraction of sp³-hybridized carbons (Fsp3) is 0.370. The maximum atomic E-state index is 13.4. The van der Waals surface area contributed by atoms with Gasteiger partial charge in [-0.15, -0.1) is 11.3 Å². The molecule has 178 valence electrons. The van der Waals surface area contributed by atoms with E-state index in [1.165, 1.54) is 11.3 Å². The van der Waals surface area contributed by atoms with Gasteiger partial charge in [-0.2, -0.15) is 0 Å². The molecule has 1 aromatic heterocycles. The Balaban J connectivity index is 1.39. The topological polar surface area (TPSA) is 60.0 Å². The van der Waals surface area contributed by atoms with Crippen molar-refractivity contribution in [1.29, 1.82) is 0 Å². The van der Waals surface area contributed by atoms with Gasteiger partial charge in [-0.1, -0.05) is 36.4 Å². The van der Waals surface area contributed by atoms with E-state index >= 15 is 0 Å². The van der Waals surface area contributed by atoms with Gasteiger partial charge in [0, 0.05) is 25.3 Å². The van der Waals surface area contributed by atoms with Gasteiger partial charge in [0.25, 0.3) is 5.91 Å². The van der Waals surface area contributed by atoms with Crippen LogP contribution in [0.1, 0.15) is 28.1 Å². The molecule has 2 aromatic carbocycles. The number of morpholine rings is 1. The van der Waals surface area contributed by atoms with Crippen LogP contribution in [0.3, 0.4) is 0 Å². The van der Waals surface area contributed by atoms with Gasteiger partial charge >= 0.3 is 0 Å². The van der Waals surface area contributed by atoms with E-state index in [0.29, 0.717) is 36.1 Å². The zero-order chi connectivity index (χ0) is 23.3. The number of nitrogens with zero attached hydrogens (tertiary/aromatic N) is 1. The highest BCUT2D eigenvalue weighted by molar-refractivity contribution is 7.18. The van der Waals surface area contributed by atoms with Gasteiger partial charge in [0.15, 0.2) is 0 Å². The van der Waals surface area contributed by atoms with E-state index in [1.54, 1.807) is 0 Å². The highest BCUT2D eigenvalue weighted by Crippen LogP contribution is 2.40. The summed E-state index contributed by atoms with van der Waals surface area (Å²) in [5, 5.41) is 4.20. The molecule has 2 aliphatic rings. The number of nitrogens with one attached hydrogen (secondary N) is 1. The fourth-order valence-electron chi connectivity index (χ4n) is 4.31. The first kappa shape index (κ1) is 22.9. The van der Waals surface area contributed by atoms with Crippen molar-refractivity contribution < 1.29 is 19.0 Å². The van der Waals surface area contributed by atoms with E-state index in [4.69, 9.17) is 14.2 Å². The van der Waals surface area contributed by atoms with Crippen LogP contribution in [0.25, 0.3) is 11.1 Å². The molecular weight excluding hydrogens is 448 g/mol. The van der Waals surface area contributed by atoms with Crippen molar-refractivity contribution in [3.63, 3.8) is 0 Å². The predicted molar refractivity (Wildman–Crippen MR) is 136 cm³/mol. The summed E-state index contributed by atoms with van der Waals surface area (Å²) < 4.78 is 17.3. The summed E-state index contributed by atoms with van der Waals surface area (Å²) in [5.74, 6) is 0.546. The van der Waals surface area contributed by atoms with Crippen molar-refractivity contribution in [2.75, 3.05) is 49.7 Å². The van der Waals surface area contributed by atoms with Crippen molar-refractivity contribution >= 4 is 27.9 Å². The van der Waals surface area contributed by atoms with Gasteiger partial charge in [0.2, 0.25) is 0 Å². The molecule has 0 bridgehead atoms. The second-order valence-corrected chi connectivity index (χ2v) is 9.73. The highest BCUT2D eigenvalue weighted by atomic mass is 32.1. The molecule has 0 saturated carbocycles. The number of hydrogen-bond donors (Lipinski definition) is 1. The summed E-state index contributed by atoms with van der Waals surface area (Å²) in [7, 11) is 0. The number of aryl methyl sites for hydroxylation is 1. The van der Waals surface area contributed by atoms with Crippen LogP contribution < -0.4 is 15.0 Å². The number of hydrogen-bond acceptors (Lipinski definition) is 6. The summed E-state index contributed by atoms with van der Waals surface area (Å²) in [6.45, 7) is 6.33. The van der Waals surface area contributed by atoms with E-state index in [0.717, 1.165) is 54.2 Å². The van der Waals surface area contributed by atoms with Crippen molar-refractivity contribution in [2.45, 2.75) is 25.9 Å². The molecule has 0 radical (unpaired) electrons. The monoisotopic (exact) mass is 478 g/mol. The summed E-state index contributed by atoms with van der Waals surface area (Å²) >= 11 is 1.53. The second kappa shape index (κ2) is 10.6. The van der Waals surface area contributed by atoms with E-state index in [-0.39, 0.29) is 12.0 Å². The van der Waals surface area contributed by atoms with Crippen LogP contribution in [0.15, 0.2) is 54.6 Å². The normalized spacial score (nSPS) is 18.1. The third kappa shape index (κ3) is 5.27. The standard InChI is InChI=1S/C27H30N2O4S/c1-19-9-10-23(24(16-19)33-18-21-8-5-13-32-21)28-26(30)25-17-22(20-6-3-2-4-7-20)27(34-25)29-11-14-31-15-12-29/h2-4,6-7,9-10,16-17,21H,5,8,11-15,18H2,1H3,(H,28,30). The lowest BCUT2D eigenvalue weighted by molar-refractivity contribution is 0.0681. The third-order valence-electron chi connectivity index (χ3n) is 6.15. The molecule has 2 aliphatic heterocycles. The van der Waals surface area contributed by atoms with Gasteiger partial charge in [-0.05, 0) is 49.1 Å². The molecule has 3 aromatic rings. The smallest absolute Gasteiger partial charge is 0.265 e. The number of rotatable bonds is 7. The number of ether oxygens (including phenoxy) is 3. The molecule has 6 nitrogen and oxygen atoms in total. The average Bonchev–Trinajstić information content (AvgIpc) is 3.56. The maximum Gasteiger partial charge on any atom is 0.265 e. The Hall–Kier alpha value is -2.87. The highest BCUT2D eigenvalue weighted by Gasteiger charge is 2.23. The minimum Gasteiger partial charge on any atom is -0.489 e. The van der Waals surface area contributed by atoms with Crippen molar-refractivity contribution in [1.82, 2.24) is 0 Å². The Labute approximate surface area is 204 Å². The Morgan fingerprint density at radius 1 is 1.12 bits per heavy atom. The van der Waals surface area contributed by atoms with Crippen LogP contribution in [0, 0.1) is 6.92 Å². The molecule has 34 heavy (non-hydrogen) atoms. The number of carbonyl (C=O) groups excluding carboxylic acids is 1. The van der Waals surface area contributed by atoms with Gasteiger partial charge < -0.3 is 24.4 Å². The van der Waals surface area contributed by atoms with Crippen LogP contribution in [0.4, 0.5) is 10.7 Å². The molecule has 0 spiro atoms. The SMILES string of the molecule is Cc1ccc(NC(=O)c2cc(-c3ccccc3)c(N3CCOCC3)s2)c(OCC2CCCO2)c1. The molecule has 1 amide bonds. The molecule has 7 heteroatoms. The van der Waals surface area contributed by atoms with Crippen molar-refractivity contribution in [3.05, 3.63) is 65.0 Å². The van der Waals surface area contributed by atoms with Crippen LogP contribution in [-0.4, -0.2) is 51.5 Å². The molecule has 1 atom stereocenters. The molecule has 0 aliphatic carbocycles. The quantitative estimate of drug-likeness (QED) is 0.495. The van der Waals surface area contributed by atoms with Gasteiger partial charge in [0.05, 0.1) is 34.9 Å². The van der Waals surface area contributed by atoms with Crippen LogP contribution in [0.5, 0.6) is 5.75 Å². The van der Waals surface area contributed by atoms with Gasteiger partial charge in [-0.25, -0.2) is 0 Å². The number of thiophene rings is 1. The zero-order valence-corrected chi connectivity index (χ0v) is 20.2. The van der Waals surface area contributed by atoms with Crippen LogP contribution in [0.2, 0.25) is 0 Å². The first-order chi connectivity index (χ1) is 16.7. The van der Waals surface area contributed by atoms with E-state index in [2.05, 4.69) is 22.3 Å². The Morgan fingerprint density at radius 3 is 2.71 bits per heavy atom. The lowest BCUT2D eigenvalue weighted by Gasteiger charge is -2.28. The van der Waals surface area contributed by atoms with Gasteiger partial charge in [0.1, 0.15) is 12.4 Å². The van der Waals surface area contributed by atoms with Gasteiger partial charge in [-0.3, -0.25) is 4.79 Å². The first-order valence-electron chi connectivity index (χ1n) is 11.9. The van der Waals surface area contributed by atoms with E-state index in [1.807, 2.05) is 49.4 Å². The molecule has 1 N–H and O–H groups in total. The van der Waals surface area contributed by atoms with Crippen LogP contribution in [-0.2, 0) is 9.47 Å². The number of anilines is 2. The van der Waals surface area contributed by atoms with Crippen molar-refractivity contribution in [2.24, 2.45) is 0 Å². The Morgan fingerprint density at radius 2 is 1.94 bits per heavy atom. The summed E-state index contributed by atoms with van der Waals surface area (Å²) in [6.07, 6.45) is 2.19.